The molecule has 0 N–H and O–H groups in total. The van der Waals surface area contributed by atoms with Crippen molar-refractivity contribution < 1.29 is 22.7 Å². The van der Waals surface area contributed by atoms with Crippen LogP contribution in [-0.2, 0) is 10.9 Å². The molecule has 0 unspecified atom stereocenters. The lowest BCUT2D eigenvalue weighted by atomic mass is 10.2. The van der Waals surface area contributed by atoms with Gasteiger partial charge in [-0.1, -0.05) is 0 Å². The fourth-order valence-corrected chi connectivity index (χ4v) is 3.13. The average Bonchev–Trinajstić information content (AvgIpc) is 3.01. The summed E-state index contributed by atoms with van der Waals surface area (Å²) in [6, 6.07) is 4.90. The Morgan fingerprint density at radius 2 is 1.62 bits per heavy atom. The Labute approximate surface area is 167 Å². The van der Waals surface area contributed by atoms with Gasteiger partial charge < -0.3 is 14.5 Å². The van der Waals surface area contributed by atoms with E-state index in [4.69, 9.17) is 4.74 Å². The summed E-state index contributed by atoms with van der Waals surface area (Å²) in [7, 11) is 0. The predicted octanol–water partition coefficient (Wildman–Crippen LogP) is 4.26. The van der Waals surface area contributed by atoms with E-state index in [1.54, 1.807) is 15.8 Å². The number of amides is 1. The number of alkyl halides is 3. The zero-order valence-electron chi connectivity index (χ0n) is 17.0. The summed E-state index contributed by atoms with van der Waals surface area (Å²) in [5.41, 5.74) is 0.240. The molecule has 0 bridgehead atoms. The maximum absolute atomic E-state index is 12.7. The number of benzene rings is 1. The first kappa shape index (κ1) is 21.0. The second-order valence-electron chi connectivity index (χ2n) is 8.08. The number of nitrogens with zero attached hydrogens (tertiary/aromatic N) is 4. The highest BCUT2D eigenvalue weighted by molar-refractivity contribution is 5.68. The molecular weight excluding hydrogens is 385 g/mol. The van der Waals surface area contributed by atoms with Crippen LogP contribution in [0, 0.1) is 6.92 Å². The van der Waals surface area contributed by atoms with E-state index in [1.807, 2.05) is 27.7 Å². The van der Waals surface area contributed by atoms with Crippen LogP contribution in [0.2, 0.25) is 0 Å². The Kier molecular flexibility index (Phi) is 5.51. The minimum atomic E-state index is -4.36. The van der Waals surface area contributed by atoms with E-state index in [-0.39, 0.29) is 6.09 Å². The second-order valence-corrected chi connectivity index (χ2v) is 8.08. The van der Waals surface area contributed by atoms with Crippen molar-refractivity contribution in [2.45, 2.75) is 39.5 Å². The van der Waals surface area contributed by atoms with Gasteiger partial charge in [0.2, 0.25) is 0 Å². The Bertz CT molecular complexity index is 861. The molecule has 1 aromatic carbocycles. The Balaban J connectivity index is 1.68. The number of carbonyl (C=O) groups excluding carboxylic acids is 1. The highest BCUT2D eigenvalue weighted by Crippen LogP contribution is 2.30. The molecule has 1 aliphatic rings. The third kappa shape index (κ3) is 5.02. The molecule has 0 spiro atoms. The molecule has 2 heterocycles. The highest BCUT2D eigenvalue weighted by Gasteiger charge is 2.30. The molecule has 0 saturated carbocycles. The van der Waals surface area contributed by atoms with E-state index in [0.717, 1.165) is 23.5 Å². The zero-order chi connectivity index (χ0) is 21.4. The van der Waals surface area contributed by atoms with Crippen LogP contribution in [0.1, 0.15) is 31.9 Å². The summed E-state index contributed by atoms with van der Waals surface area (Å²) in [4.78, 5) is 15.9. The van der Waals surface area contributed by atoms with Crippen molar-refractivity contribution in [1.82, 2.24) is 14.7 Å². The van der Waals surface area contributed by atoms with Crippen LogP contribution in [0.3, 0.4) is 0 Å². The summed E-state index contributed by atoms with van der Waals surface area (Å²) in [6.07, 6.45) is -2.90. The van der Waals surface area contributed by atoms with Crippen molar-refractivity contribution in [3.8, 4) is 5.69 Å². The lowest BCUT2D eigenvalue weighted by Crippen LogP contribution is -2.50. The summed E-state index contributed by atoms with van der Waals surface area (Å²) in [5, 5.41) is 4.55. The number of halogens is 3. The number of carbonyl (C=O) groups is 1. The third-order valence-electron chi connectivity index (χ3n) is 4.56. The van der Waals surface area contributed by atoms with Gasteiger partial charge in [0, 0.05) is 37.9 Å². The van der Waals surface area contributed by atoms with Crippen LogP contribution < -0.4 is 4.90 Å². The molecule has 1 aliphatic heterocycles. The molecule has 1 saturated heterocycles. The van der Waals surface area contributed by atoms with Crippen molar-refractivity contribution in [3.05, 3.63) is 41.6 Å². The number of ether oxygens (including phenoxy) is 1. The predicted molar refractivity (Wildman–Crippen MR) is 103 cm³/mol. The SMILES string of the molecule is Cc1cn(-c2ccc(C(F)(F)F)cc2)nc1N1CCN(C(=O)OC(C)(C)C)CC1. The first-order valence-electron chi connectivity index (χ1n) is 9.41. The normalized spacial score (nSPS) is 15.6. The van der Waals surface area contributed by atoms with Crippen LogP contribution in [0.5, 0.6) is 0 Å². The van der Waals surface area contributed by atoms with E-state index in [2.05, 4.69) is 10.00 Å². The molecule has 1 aromatic heterocycles. The van der Waals surface area contributed by atoms with Gasteiger partial charge in [0.25, 0.3) is 0 Å². The Hall–Kier alpha value is -2.71. The lowest BCUT2D eigenvalue weighted by Gasteiger charge is -2.36. The van der Waals surface area contributed by atoms with Crippen molar-refractivity contribution in [1.29, 1.82) is 0 Å². The van der Waals surface area contributed by atoms with Gasteiger partial charge in [-0.15, -0.1) is 5.10 Å². The molecule has 0 radical (unpaired) electrons. The molecule has 0 aliphatic carbocycles. The average molecular weight is 410 g/mol. The van der Waals surface area contributed by atoms with Crippen LogP contribution >= 0.6 is 0 Å². The number of hydrogen-bond acceptors (Lipinski definition) is 4. The monoisotopic (exact) mass is 410 g/mol. The Morgan fingerprint density at radius 3 is 2.14 bits per heavy atom. The first-order chi connectivity index (χ1) is 13.4. The van der Waals surface area contributed by atoms with Gasteiger partial charge >= 0.3 is 12.3 Å². The van der Waals surface area contributed by atoms with Crippen LogP contribution in [0.25, 0.3) is 5.69 Å². The van der Waals surface area contributed by atoms with Gasteiger partial charge in [0.1, 0.15) is 5.60 Å². The van der Waals surface area contributed by atoms with Crippen LogP contribution in [0.4, 0.5) is 23.8 Å². The maximum atomic E-state index is 12.7. The Morgan fingerprint density at radius 1 is 1.03 bits per heavy atom. The molecule has 2 aromatic rings. The second kappa shape index (κ2) is 7.61. The minimum Gasteiger partial charge on any atom is -0.444 e. The summed E-state index contributed by atoms with van der Waals surface area (Å²) >= 11 is 0. The molecule has 1 fully saturated rings. The standard InChI is InChI=1S/C20H25F3N4O2/c1-14-13-27(16-7-5-15(6-8-16)20(21,22)23)24-17(14)25-9-11-26(12-10-25)18(28)29-19(2,3)4/h5-8,13H,9-12H2,1-4H3. The van der Waals surface area contributed by atoms with Gasteiger partial charge in [0.15, 0.2) is 5.82 Å². The topological polar surface area (TPSA) is 50.6 Å². The van der Waals surface area contributed by atoms with Crippen LogP contribution in [0.15, 0.2) is 30.5 Å². The molecule has 29 heavy (non-hydrogen) atoms. The van der Waals surface area contributed by atoms with Gasteiger partial charge in [-0.2, -0.15) is 13.2 Å². The fraction of sp³-hybridized carbons (Fsp3) is 0.500. The number of piperazine rings is 1. The molecule has 1 amide bonds. The maximum Gasteiger partial charge on any atom is 0.416 e. The third-order valence-corrected chi connectivity index (χ3v) is 4.56. The van der Waals surface area contributed by atoms with E-state index in [0.29, 0.717) is 31.9 Å². The van der Waals surface area contributed by atoms with Crippen molar-refractivity contribution in [3.63, 3.8) is 0 Å². The van der Waals surface area contributed by atoms with Crippen molar-refractivity contribution in [2.75, 3.05) is 31.1 Å². The summed E-state index contributed by atoms with van der Waals surface area (Å²) < 4.78 is 45.2. The number of aromatic nitrogens is 2. The van der Waals surface area contributed by atoms with Gasteiger partial charge in [0.05, 0.1) is 11.3 Å². The smallest absolute Gasteiger partial charge is 0.416 e. The van der Waals surface area contributed by atoms with Gasteiger partial charge in [-0.05, 0) is 52.0 Å². The van der Waals surface area contributed by atoms with Crippen molar-refractivity contribution in [2.24, 2.45) is 0 Å². The number of hydrogen-bond donors (Lipinski definition) is 0. The lowest BCUT2D eigenvalue weighted by molar-refractivity contribution is -0.137. The van der Waals surface area contributed by atoms with Gasteiger partial charge in [-0.3, -0.25) is 0 Å². The molecule has 3 rings (SSSR count). The van der Waals surface area contributed by atoms with Crippen LogP contribution in [-0.4, -0.2) is 52.6 Å². The molecular formula is C20H25F3N4O2. The molecule has 158 valence electrons. The van der Waals surface area contributed by atoms with E-state index in [9.17, 15) is 18.0 Å². The number of aryl methyl sites for hydroxylation is 1. The van der Waals surface area contributed by atoms with E-state index < -0.39 is 17.3 Å². The number of anilines is 1. The minimum absolute atomic E-state index is 0.329. The van der Waals surface area contributed by atoms with E-state index >= 15 is 0 Å². The summed E-state index contributed by atoms with van der Waals surface area (Å²) in [6.45, 7) is 9.63. The van der Waals surface area contributed by atoms with Crippen molar-refractivity contribution >= 4 is 11.9 Å². The largest absolute Gasteiger partial charge is 0.444 e. The highest BCUT2D eigenvalue weighted by atomic mass is 19.4. The quantitative estimate of drug-likeness (QED) is 0.743. The first-order valence-corrected chi connectivity index (χ1v) is 9.41. The molecule has 9 heteroatoms. The van der Waals surface area contributed by atoms with E-state index in [1.165, 1.54) is 12.1 Å². The fourth-order valence-electron chi connectivity index (χ4n) is 3.13. The van der Waals surface area contributed by atoms with Gasteiger partial charge in [-0.25, -0.2) is 9.48 Å². The number of rotatable bonds is 2. The summed E-state index contributed by atoms with van der Waals surface area (Å²) in [5.74, 6) is 0.758. The zero-order valence-corrected chi connectivity index (χ0v) is 17.0. The molecule has 0 atom stereocenters. The molecule has 6 nitrogen and oxygen atoms in total.